The summed E-state index contributed by atoms with van der Waals surface area (Å²) in [6.45, 7) is 25.9. The molecule has 702 valence electrons. The van der Waals surface area contributed by atoms with E-state index in [1.54, 1.807) is 38.1 Å². The Morgan fingerprint density at radius 3 is 0.736 bits per heavy atom. The van der Waals surface area contributed by atoms with Crippen LogP contribution in [0.25, 0.3) is 0 Å². The Morgan fingerprint density at radius 2 is 0.562 bits per heavy atom. The van der Waals surface area contributed by atoms with E-state index < -0.39 is 63.9 Å². The Balaban J connectivity index is -0.000000654. The minimum atomic E-state index is -3.89. The van der Waals surface area contributed by atoms with Crippen LogP contribution in [0, 0.1) is 60.2 Å². The summed E-state index contributed by atoms with van der Waals surface area (Å²) in [5.74, 6) is -0.184. The fourth-order valence-electron chi connectivity index (χ4n) is 16.2. The third-order valence-electron chi connectivity index (χ3n) is 24.0. The highest BCUT2D eigenvalue weighted by Gasteiger charge is 2.46. The van der Waals surface area contributed by atoms with Gasteiger partial charge in [0.05, 0.1) is 24.3 Å². The molecule has 8 aliphatic rings. The molecule has 6 saturated carbocycles. The van der Waals surface area contributed by atoms with Crippen molar-refractivity contribution >= 4 is 114 Å². The number of benzene rings is 4. The van der Waals surface area contributed by atoms with Gasteiger partial charge < -0.3 is 61.4 Å². The van der Waals surface area contributed by atoms with Gasteiger partial charge in [0.1, 0.15) is 12.2 Å². The molecule has 8 fully saturated rings. The molecule has 0 amide bonds. The van der Waals surface area contributed by atoms with Gasteiger partial charge in [-0.15, -0.1) is 74.4 Å². The van der Waals surface area contributed by atoms with Crippen LogP contribution in [-0.2, 0) is 46.3 Å². The predicted molar refractivity (Wildman–Crippen MR) is 509 cm³/mol. The van der Waals surface area contributed by atoms with Crippen molar-refractivity contribution < 1.29 is 75.9 Å². The zero-order valence-corrected chi connectivity index (χ0v) is 81.7. The van der Waals surface area contributed by atoms with E-state index in [4.69, 9.17) is 27.6 Å². The highest BCUT2D eigenvalue weighted by molar-refractivity contribution is 7.47. The largest absolute Gasteiger partial charge is 0.478 e. The quantitative estimate of drug-likeness (QED) is 0.0391. The number of rotatable bonds is 15. The summed E-state index contributed by atoms with van der Waals surface area (Å²) in [6.07, 6.45) is 28.8. The number of aliphatic carboxylic acids is 2. The standard InChI is InChI=1S/C20H18O8.2C11H15O4P.6C8H17N.CH4.6ClH/c1-11-3-7-13(8-4-11)19(25)27-15(17(21)22)16(18(23)24)28-20(26)14-9-5-12(2)6-10-14;2*1-11(2)8-14-16(12,13)15-10(11)9-6-4-3-5-7-9;6*1-7-5-3-4-6-8(7)9-2;;;;;;;/h3-10,15-16H,1-2H3,(H,21,22)(H,23,24);2*3-7,10H,8H2,1-2H3,(H,12,13);6*7-9H,3-6H2,1-2H3;1H4;6*1H/t;;;6*7-,8+;;;;;;;/m...111111......./s1. The van der Waals surface area contributed by atoms with E-state index in [0.717, 1.165) is 94.0 Å². The molecule has 2 aliphatic heterocycles. The van der Waals surface area contributed by atoms with Crippen molar-refractivity contribution in [3.05, 3.63) is 143 Å². The molecule has 121 heavy (non-hydrogen) atoms. The number of aryl methyl sites for hydroxylation is 2. The fourth-order valence-corrected chi connectivity index (χ4v) is 18.7. The molecule has 0 aromatic heterocycles. The zero-order chi connectivity index (χ0) is 84.6. The van der Waals surface area contributed by atoms with Crippen molar-refractivity contribution in [2.45, 2.75) is 305 Å². The Labute approximate surface area is 766 Å². The average Bonchev–Trinajstić information content (AvgIpc) is 0.789. The van der Waals surface area contributed by atoms with Crippen LogP contribution in [0.2, 0.25) is 0 Å². The molecule has 2 saturated heterocycles. The average molecular weight is 1870 g/mol. The SMILES string of the molecule is C.CC1(C)COP(=O)(O)OC1c1ccccc1.CC1(C)COP(=O)(O)OC1c1ccccc1.CN[C@H]1CCCC[C@H]1C.CN[C@H]1CCCC[C@H]1C.CN[C@H]1CCCC[C@H]1C.CN[C@H]1CCCC[C@H]1C.CN[C@H]1CCCC[C@H]1C.CN[C@H]1CCCC[C@H]1C.Cc1ccc(C(=O)OC(C(=O)O)C(OC(=O)c2ccc(C)cc2)C(=O)O)cc1.Cl.Cl.Cl.Cl.Cl.Cl. The molecule has 0 bridgehead atoms. The van der Waals surface area contributed by atoms with Gasteiger partial charge in [-0.05, 0) is 204 Å². The number of carboxylic acids is 2. The Hall–Kier alpha value is -3.52. The smallest absolute Gasteiger partial charge is 0.472 e. The van der Waals surface area contributed by atoms with Crippen molar-refractivity contribution in [1.29, 1.82) is 0 Å². The summed E-state index contributed by atoms with van der Waals surface area (Å²) in [5, 5.41) is 38.8. The first kappa shape index (κ1) is 124. The number of nitrogens with one attached hydrogen (secondary N) is 6. The number of phosphoric ester groups is 2. The molecule has 6 unspecified atom stereocenters. The molecular weight excluding hydrogens is 1710 g/mol. The first-order valence-electron chi connectivity index (χ1n) is 42.5. The zero-order valence-electron chi connectivity index (χ0n) is 75.0. The number of halogens is 6. The van der Waals surface area contributed by atoms with Crippen molar-refractivity contribution in [3.8, 4) is 0 Å². The predicted octanol–water partition coefficient (Wildman–Crippen LogP) is 21.9. The number of carbonyl (C=O) groups excluding carboxylic acids is 2. The summed E-state index contributed by atoms with van der Waals surface area (Å²) >= 11 is 0. The maximum absolute atomic E-state index is 12.2. The fraction of sp³-hybridized carbons (Fsp3) is 0.692. The molecule has 22 nitrogen and oxygen atoms in total. The van der Waals surface area contributed by atoms with Gasteiger partial charge >= 0.3 is 39.5 Å². The maximum Gasteiger partial charge on any atom is 0.472 e. The number of hydrogen-bond donors (Lipinski definition) is 10. The molecule has 0 radical (unpaired) electrons. The van der Waals surface area contributed by atoms with Crippen LogP contribution in [0.1, 0.15) is 286 Å². The Kier molecular flexibility index (Phi) is 66.6. The van der Waals surface area contributed by atoms with Crippen LogP contribution in [0.4, 0.5) is 0 Å². The number of carbonyl (C=O) groups is 4. The number of esters is 2. The topological polar surface area (TPSA) is 311 Å². The van der Waals surface area contributed by atoms with Crippen molar-refractivity contribution in [2.24, 2.45) is 46.3 Å². The second-order valence-electron chi connectivity index (χ2n) is 34.3. The van der Waals surface area contributed by atoms with Gasteiger partial charge in [0, 0.05) is 47.1 Å². The first-order valence-corrected chi connectivity index (χ1v) is 45.5. The first-order chi connectivity index (χ1) is 54.1. The number of ether oxygens (including phenoxy) is 2. The lowest BCUT2D eigenvalue weighted by Gasteiger charge is -2.39. The molecule has 18 atom stereocenters. The van der Waals surface area contributed by atoms with Gasteiger partial charge in [0.2, 0.25) is 12.2 Å². The van der Waals surface area contributed by atoms with E-state index >= 15 is 0 Å². The lowest BCUT2D eigenvalue weighted by Crippen LogP contribution is -2.45. The molecular formula is C91H160Cl6N6O16P2. The van der Waals surface area contributed by atoms with E-state index in [2.05, 4.69) is 116 Å². The summed E-state index contributed by atoms with van der Waals surface area (Å²) in [5.41, 5.74) is 2.94. The van der Waals surface area contributed by atoms with Crippen LogP contribution >= 0.6 is 90.1 Å². The van der Waals surface area contributed by atoms with Gasteiger partial charge in [-0.25, -0.2) is 28.3 Å². The van der Waals surface area contributed by atoms with E-state index in [1.807, 2.05) is 88.4 Å². The second-order valence-corrected chi connectivity index (χ2v) is 37.1. The van der Waals surface area contributed by atoms with Crippen LogP contribution < -0.4 is 31.9 Å². The van der Waals surface area contributed by atoms with Gasteiger partial charge in [-0.2, -0.15) is 0 Å². The Bertz CT molecular complexity index is 3140. The molecule has 10 N–H and O–H groups in total. The molecule has 2 heterocycles. The van der Waals surface area contributed by atoms with E-state index in [9.17, 15) is 48.3 Å². The highest BCUT2D eigenvalue weighted by Crippen LogP contribution is 2.59. The second kappa shape index (κ2) is 65.1. The molecule has 0 spiro atoms. The molecule has 6 aliphatic carbocycles. The summed E-state index contributed by atoms with van der Waals surface area (Å²) in [6, 6.07) is 35.8. The number of hydrogen-bond acceptors (Lipinski definition) is 18. The third kappa shape index (κ3) is 45.8. The number of carboxylic acid groups (broad SMARTS) is 2. The van der Waals surface area contributed by atoms with Crippen LogP contribution in [-0.4, -0.2) is 148 Å². The molecule has 30 heteroatoms. The minimum Gasteiger partial charge on any atom is -0.478 e. The van der Waals surface area contributed by atoms with Crippen LogP contribution in [0.5, 0.6) is 0 Å². The Morgan fingerprint density at radius 1 is 0.364 bits per heavy atom. The van der Waals surface area contributed by atoms with Gasteiger partial charge in [0.25, 0.3) is 0 Å². The maximum atomic E-state index is 12.2. The lowest BCUT2D eigenvalue weighted by atomic mass is 9.83. The van der Waals surface area contributed by atoms with Crippen molar-refractivity contribution in [2.75, 3.05) is 55.5 Å². The lowest BCUT2D eigenvalue weighted by molar-refractivity contribution is -0.166. The summed E-state index contributed by atoms with van der Waals surface area (Å²) < 4.78 is 52.4. The van der Waals surface area contributed by atoms with Gasteiger partial charge in [-0.1, -0.05) is 250 Å². The van der Waals surface area contributed by atoms with Crippen LogP contribution in [0.3, 0.4) is 0 Å². The summed E-state index contributed by atoms with van der Waals surface area (Å²) in [4.78, 5) is 66.0. The molecule has 4 aromatic carbocycles. The van der Waals surface area contributed by atoms with E-state index in [1.165, 1.54) is 178 Å². The normalized spacial score (nSPS) is 28.1. The van der Waals surface area contributed by atoms with E-state index in [-0.39, 0.29) is 117 Å². The monoisotopic (exact) mass is 1860 g/mol. The number of phosphoric acid groups is 2. The molecule has 4 aromatic rings. The van der Waals surface area contributed by atoms with Crippen LogP contribution in [0.15, 0.2) is 109 Å². The van der Waals surface area contributed by atoms with Crippen molar-refractivity contribution in [1.82, 2.24) is 31.9 Å². The summed E-state index contributed by atoms with van der Waals surface area (Å²) in [7, 11) is 4.68. The van der Waals surface area contributed by atoms with Gasteiger partial charge in [0.15, 0.2) is 0 Å². The van der Waals surface area contributed by atoms with Crippen molar-refractivity contribution in [3.63, 3.8) is 0 Å². The molecule has 12 rings (SSSR count). The van der Waals surface area contributed by atoms with E-state index in [0.29, 0.717) is 0 Å². The minimum absolute atomic E-state index is 0. The van der Waals surface area contributed by atoms with Gasteiger partial charge in [-0.3, -0.25) is 18.1 Å². The highest BCUT2D eigenvalue weighted by atomic mass is 35.5. The third-order valence-corrected chi connectivity index (χ3v) is 25.9.